The Hall–Kier alpha value is -2.85. The molecule has 0 spiro atoms. The van der Waals surface area contributed by atoms with E-state index in [0.29, 0.717) is 27.9 Å². The summed E-state index contributed by atoms with van der Waals surface area (Å²) in [5, 5.41) is 15.7. The van der Waals surface area contributed by atoms with E-state index in [2.05, 4.69) is 37.5 Å². The van der Waals surface area contributed by atoms with Crippen LogP contribution in [0.4, 0.5) is 11.4 Å². The van der Waals surface area contributed by atoms with Gasteiger partial charge in [0.25, 0.3) is 0 Å². The Balaban J connectivity index is 1.63. The summed E-state index contributed by atoms with van der Waals surface area (Å²) in [6.07, 6.45) is 2.94. The molecule has 0 unspecified atom stereocenters. The second kappa shape index (κ2) is 9.52. The molecule has 1 aromatic heterocycles. The number of nitrogens with zero attached hydrogens (tertiary/aromatic N) is 2. The fourth-order valence-corrected chi connectivity index (χ4v) is 4.52. The van der Waals surface area contributed by atoms with Crippen LogP contribution in [0.2, 0.25) is 0 Å². The van der Waals surface area contributed by atoms with Crippen LogP contribution in [-0.4, -0.2) is 22.6 Å². The zero-order valence-electron chi connectivity index (χ0n) is 18.4. The summed E-state index contributed by atoms with van der Waals surface area (Å²) in [6, 6.07) is 11.1. The fraction of sp³-hybridized carbons (Fsp3) is 0.417. The minimum atomic E-state index is -0.173. The average Bonchev–Trinajstić information content (AvgIpc) is 2.71. The van der Waals surface area contributed by atoms with Crippen LogP contribution in [-0.2, 0) is 22.4 Å². The van der Waals surface area contributed by atoms with Gasteiger partial charge in [0.2, 0.25) is 11.8 Å². The Labute approximate surface area is 187 Å². The highest BCUT2D eigenvalue weighted by molar-refractivity contribution is 8.00. The van der Waals surface area contributed by atoms with E-state index < -0.39 is 0 Å². The molecular formula is C24H28N4O2S. The molecule has 0 saturated heterocycles. The van der Waals surface area contributed by atoms with Gasteiger partial charge in [-0.05, 0) is 66.5 Å². The van der Waals surface area contributed by atoms with Crippen molar-refractivity contribution in [3.63, 3.8) is 0 Å². The van der Waals surface area contributed by atoms with Gasteiger partial charge >= 0.3 is 0 Å². The molecule has 162 valence electrons. The first-order chi connectivity index (χ1) is 14.7. The molecule has 1 aliphatic rings. The lowest BCUT2D eigenvalue weighted by Crippen LogP contribution is -2.27. The van der Waals surface area contributed by atoms with E-state index in [-0.39, 0.29) is 23.0 Å². The molecule has 2 amide bonds. The lowest BCUT2D eigenvalue weighted by molar-refractivity contribution is -0.114. The zero-order valence-corrected chi connectivity index (χ0v) is 19.2. The van der Waals surface area contributed by atoms with Crippen LogP contribution < -0.4 is 10.6 Å². The monoisotopic (exact) mass is 436 g/mol. The molecule has 3 rings (SSSR count). The molecule has 0 radical (unpaired) electrons. The quantitative estimate of drug-likeness (QED) is 0.657. The second-order valence-corrected chi connectivity index (χ2v) is 9.92. The minimum Gasteiger partial charge on any atom is -0.326 e. The summed E-state index contributed by atoms with van der Waals surface area (Å²) in [6.45, 7) is 8.23. The van der Waals surface area contributed by atoms with Crippen LogP contribution >= 0.6 is 11.8 Å². The number of rotatable bonds is 5. The van der Waals surface area contributed by atoms with Crippen LogP contribution in [0.1, 0.15) is 50.9 Å². The molecule has 1 aromatic carbocycles. The molecule has 1 aliphatic carbocycles. The summed E-state index contributed by atoms with van der Waals surface area (Å²) in [5.41, 5.74) is 4.30. The molecule has 0 fully saturated rings. The number of benzene rings is 1. The first kappa shape index (κ1) is 22.8. The van der Waals surface area contributed by atoms with Gasteiger partial charge in [-0.1, -0.05) is 32.5 Å². The summed E-state index contributed by atoms with van der Waals surface area (Å²) in [7, 11) is 0. The number of thioether (sulfide) groups is 1. The van der Waals surface area contributed by atoms with E-state index in [1.54, 1.807) is 24.3 Å². The molecule has 0 saturated carbocycles. The number of aromatic nitrogens is 1. The molecule has 2 aromatic rings. The van der Waals surface area contributed by atoms with Gasteiger partial charge in [-0.15, -0.1) is 0 Å². The smallest absolute Gasteiger partial charge is 0.234 e. The highest BCUT2D eigenvalue weighted by Gasteiger charge is 2.30. The second-order valence-electron chi connectivity index (χ2n) is 8.96. The van der Waals surface area contributed by atoms with Crippen molar-refractivity contribution in [3.8, 4) is 6.07 Å². The number of aryl methyl sites for hydroxylation is 1. The van der Waals surface area contributed by atoms with Crippen molar-refractivity contribution in [2.45, 2.75) is 52.0 Å². The maximum Gasteiger partial charge on any atom is 0.234 e. The molecule has 31 heavy (non-hydrogen) atoms. The Kier molecular flexibility index (Phi) is 7.01. The largest absolute Gasteiger partial charge is 0.326 e. The van der Waals surface area contributed by atoms with Gasteiger partial charge in [-0.2, -0.15) is 5.26 Å². The topological polar surface area (TPSA) is 94.9 Å². The van der Waals surface area contributed by atoms with Crippen LogP contribution in [0.25, 0.3) is 0 Å². The van der Waals surface area contributed by atoms with Gasteiger partial charge < -0.3 is 10.6 Å². The van der Waals surface area contributed by atoms with E-state index in [4.69, 9.17) is 4.98 Å². The number of fused-ring (bicyclic) bond motifs is 1. The van der Waals surface area contributed by atoms with Crippen LogP contribution in [0.3, 0.4) is 0 Å². The highest BCUT2D eigenvalue weighted by Crippen LogP contribution is 2.38. The molecular weight excluding hydrogens is 408 g/mol. The standard InChI is InChI=1S/C24H28N4O2S/c1-15(29)26-19-6-8-20(9-7-19)27-22(30)14-31-23-17(13-25)11-16-12-18(24(2,3)4)5-10-21(16)28-23/h6-9,11,18H,5,10,12,14H2,1-4H3,(H,26,29)(H,27,30)/t18-/m0/s1. The normalized spacial score (nSPS) is 15.5. The van der Waals surface area contributed by atoms with Gasteiger partial charge in [0.15, 0.2) is 0 Å². The number of nitrogens with one attached hydrogen (secondary N) is 2. The Bertz CT molecular complexity index is 1020. The van der Waals surface area contributed by atoms with Gasteiger partial charge in [0, 0.05) is 24.0 Å². The number of hydrogen-bond donors (Lipinski definition) is 2. The molecule has 0 aliphatic heterocycles. The van der Waals surface area contributed by atoms with Crippen molar-refractivity contribution in [3.05, 3.63) is 47.2 Å². The van der Waals surface area contributed by atoms with Gasteiger partial charge in [0.05, 0.1) is 11.3 Å². The van der Waals surface area contributed by atoms with E-state index in [0.717, 1.165) is 30.5 Å². The molecule has 7 heteroatoms. The third kappa shape index (κ3) is 6.08. The maximum absolute atomic E-state index is 12.4. The van der Waals surface area contributed by atoms with Crippen molar-refractivity contribution >= 4 is 35.0 Å². The first-order valence-corrected chi connectivity index (χ1v) is 11.4. The van der Waals surface area contributed by atoms with Crippen molar-refractivity contribution in [2.24, 2.45) is 11.3 Å². The number of carbonyl (C=O) groups is 2. The van der Waals surface area contributed by atoms with E-state index >= 15 is 0 Å². The summed E-state index contributed by atoms with van der Waals surface area (Å²) in [4.78, 5) is 28.2. The number of carbonyl (C=O) groups excluding carboxylic acids is 2. The molecule has 1 atom stereocenters. The maximum atomic E-state index is 12.4. The van der Waals surface area contributed by atoms with Gasteiger partial charge in [-0.25, -0.2) is 4.98 Å². The molecule has 2 N–H and O–H groups in total. The van der Waals surface area contributed by atoms with Crippen molar-refractivity contribution in [1.82, 2.24) is 4.98 Å². The van der Waals surface area contributed by atoms with Crippen LogP contribution in [0, 0.1) is 22.7 Å². The minimum absolute atomic E-state index is 0.145. The van der Waals surface area contributed by atoms with Crippen molar-refractivity contribution in [1.29, 1.82) is 5.26 Å². The van der Waals surface area contributed by atoms with Crippen LogP contribution in [0.15, 0.2) is 35.4 Å². The summed E-state index contributed by atoms with van der Waals surface area (Å²) in [5.74, 6) is 0.425. The molecule has 1 heterocycles. The van der Waals surface area contributed by atoms with E-state index in [1.165, 1.54) is 18.7 Å². The first-order valence-electron chi connectivity index (χ1n) is 10.4. The number of amides is 2. The SMILES string of the molecule is CC(=O)Nc1ccc(NC(=O)CSc2nc3c(cc2C#N)C[C@@H](C(C)(C)C)CC3)cc1. The van der Waals surface area contributed by atoms with Gasteiger partial charge in [0.1, 0.15) is 11.1 Å². The Morgan fingerprint density at radius 2 is 1.84 bits per heavy atom. The average molecular weight is 437 g/mol. The lowest BCUT2D eigenvalue weighted by atomic mass is 9.71. The van der Waals surface area contributed by atoms with Crippen molar-refractivity contribution in [2.75, 3.05) is 16.4 Å². The van der Waals surface area contributed by atoms with Crippen molar-refractivity contribution < 1.29 is 9.59 Å². The Morgan fingerprint density at radius 3 is 2.42 bits per heavy atom. The third-order valence-corrected chi connectivity index (χ3v) is 6.52. The van der Waals surface area contributed by atoms with E-state index in [1.807, 2.05) is 6.07 Å². The number of hydrogen-bond acceptors (Lipinski definition) is 5. The lowest BCUT2D eigenvalue weighted by Gasteiger charge is -2.34. The predicted octanol–water partition coefficient (Wildman–Crippen LogP) is 4.79. The van der Waals surface area contributed by atoms with Gasteiger partial charge in [-0.3, -0.25) is 9.59 Å². The number of nitriles is 1. The Morgan fingerprint density at radius 1 is 1.19 bits per heavy atom. The predicted molar refractivity (Wildman–Crippen MR) is 124 cm³/mol. The molecule has 6 nitrogen and oxygen atoms in total. The summed E-state index contributed by atoms with van der Waals surface area (Å²) < 4.78 is 0. The summed E-state index contributed by atoms with van der Waals surface area (Å²) >= 11 is 1.29. The fourth-order valence-electron chi connectivity index (χ4n) is 3.75. The van der Waals surface area contributed by atoms with E-state index in [9.17, 15) is 14.9 Å². The molecule has 0 bridgehead atoms. The zero-order chi connectivity index (χ0) is 22.6. The number of anilines is 2. The highest BCUT2D eigenvalue weighted by atomic mass is 32.2. The third-order valence-electron chi connectivity index (χ3n) is 5.53. The van der Waals surface area contributed by atoms with Crippen LogP contribution in [0.5, 0.6) is 0 Å². The number of pyridine rings is 1.